The second kappa shape index (κ2) is 8.13. The fourth-order valence-electron chi connectivity index (χ4n) is 3.06. The molecular weight excluding hydrogens is 222 g/mol. The summed E-state index contributed by atoms with van der Waals surface area (Å²) >= 11 is 0. The first-order valence-corrected chi connectivity index (χ1v) is 7.79. The molecule has 1 fully saturated rings. The van der Waals surface area contributed by atoms with Gasteiger partial charge in [0.05, 0.1) is 0 Å². The zero-order valence-electron chi connectivity index (χ0n) is 13.0. The summed E-state index contributed by atoms with van der Waals surface area (Å²) in [7, 11) is 0. The van der Waals surface area contributed by atoms with Gasteiger partial charge in [-0.15, -0.1) is 0 Å². The van der Waals surface area contributed by atoms with Gasteiger partial charge in [-0.25, -0.2) is 0 Å². The van der Waals surface area contributed by atoms with E-state index in [9.17, 15) is 0 Å². The van der Waals surface area contributed by atoms with Gasteiger partial charge < -0.3 is 15.1 Å². The number of hydrogen-bond donors (Lipinski definition) is 1. The van der Waals surface area contributed by atoms with Crippen LogP contribution in [0.3, 0.4) is 0 Å². The third-order valence-corrected chi connectivity index (χ3v) is 4.17. The predicted molar refractivity (Wildman–Crippen MR) is 80.1 cm³/mol. The molecule has 1 unspecified atom stereocenters. The van der Waals surface area contributed by atoms with E-state index in [4.69, 9.17) is 0 Å². The van der Waals surface area contributed by atoms with Crippen molar-refractivity contribution in [1.82, 2.24) is 15.1 Å². The minimum Gasteiger partial charge on any atom is -0.316 e. The molecule has 1 atom stereocenters. The van der Waals surface area contributed by atoms with Crippen LogP contribution < -0.4 is 5.32 Å². The van der Waals surface area contributed by atoms with E-state index in [2.05, 4.69) is 42.8 Å². The molecule has 1 N–H and O–H groups in total. The van der Waals surface area contributed by atoms with Gasteiger partial charge in [0, 0.05) is 39.3 Å². The Balaban J connectivity index is 2.40. The molecule has 0 amide bonds. The molecule has 0 aromatic rings. The lowest BCUT2D eigenvalue weighted by molar-refractivity contribution is 0.0886. The Kier molecular flexibility index (Phi) is 7.20. The van der Waals surface area contributed by atoms with Gasteiger partial charge in [-0.1, -0.05) is 34.1 Å². The Morgan fingerprint density at radius 2 is 1.61 bits per heavy atom. The highest BCUT2D eigenvalue weighted by molar-refractivity contribution is 4.83. The Hall–Kier alpha value is -0.120. The average molecular weight is 255 g/mol. The highest BCUT2D eigenvalue weighted by Crippen LogP contribution is 2.24. The van der Waals surface area contributed by atoms with Gasteiger partial charge in [0.1, 0.15) is 0 Å². The third kappa shape index (κ3) is 5.25. The monoisotopic (exact) mass is 255 g/mol. The molecule has 1 heterocycles. The lowest BCUT2D eigenvalue weighted by Gasteiger charge is -2.40. The summed E-state index contributed by atoms with van der Waals surface area (Å²) in [5.41, 5.74) is 0.444. The minimum atomic E-state index is 0.444. The van der Waals surface area contributed by atoms with Crippen LogP contribution in [0.25, 0.3) is 0 Å². The summed E-state index contributed by atoms with van der Waals surface area (Å²) in [6, 6.07) is 0. The molecule has 1 aliphatic rings. The first-order valence-electron chi connectivity index (χ1n) is 7.79. The normalized spacial score (nSPS) is 22.0. The molecule has 108 valence electrons. The van der Waals surface area contributed by atoms with Crippen LogP contribution in [0.15, 0.2) is 0 Å². The molecule has 0 saturated carbocycles. The van der Waals surface area contributed by atoms with Gasteiger partial charge in [0.2, 0.25) is 0 Å². The largest absolute Gasteiger partial charge is 0.316 e. The third-order valence-electron chi connectivity index (χ3n) is 4.17. The van der Waals surface area contributed by atoms with Crippen molar-refractivity contribution >= 4 is 0 Å². The second-order valence-electron chi connectivity index (χ2n) is 6.05. The smallest absolute Gasteiger partial charge is 0.0110 e. The standard InChI is InChI=1S/C15H33N3/c1-5-8-15(4,13-16-6-2)14-18-11-9-17(7-3)10-12-18/h16H,5-14H2,1-4H3. The summed E-state index contributed by atoms with van der Waals surface area (Å²) in [5.74, 6) is 0. The topological polar surface area (TPSA) is 18.5 Å². The molecule has 1 rings (SSSR count). The van der Waals surface area contributed by atoms with Crippen LogP contribution in [0.4, 0.5) is 0 Å². The van der Waals surface area contributed by atoms with Crippen LogP contribution >= 0.6 is 0 Å². The molecule has 0 aliphatic carbocycles. The molecular formula is C15H33N3. The number of hydrogen-bond acceptors (Lipinski definition) is 3. The van der Waals surface area contributed by atoms with Gasteiger partial charge in [-0.05, 0) is 24.9 Å². The number of piperazine rings is 1. The second-order valence-corrected chi connectivity index (χ2v) is 6.05. The van der Waals surface area contributed by atoms with Crippen molar-refractivity contribution in [3.63, 3.8) is 0 Å². The zero-order chi connectivity index (χ0) is 13.4. The number of nitrogens with zero attached hydrogens (tertiary/aromatic N) is 2. The van der Waals surface area contributed by atoms with Crippen molar-refractivity contribution in [2.24, 2.45) is 5.41 Å². The van der Waals surface area contributed by atoms with Gasteiger partial charge in [0.25, 0.3) is 0 Å². The zero-order valence-corrected chi connectivity index (χ0v) is 13.0. The van der Waals surface area contributed by atoms with E-state index in [0.717, 1.165) is 13.1 Å². The van der Waals surface area contributed by atoms with E-state index >= 15 is 0 Å². The van der Waals surface area contributed by atoms with Crippen molar-refractivity contribution in [1.29, 1.82) is 0 Å². The van der Waals surface area contributed by atoms with Gasteiger partial charge in [-0.3, -0.25) is 0 Å². The Labute approximate surface area is 114 Å². The molecule has 0 bridgehead atoms. The van der Waals surface area contributed by atoms with Gasteiger partial charge in [0.15, 0.2) is 0 Å². The molecule has 18 heavy (non-hydrogen) atoms. The fourth-order valence-corrected chi connectivity index (χ4v) is 3.06. The summed E-state index contributed by atoms with van der Waals surface area (Å²) < 4.78 is 0. The molecule has 0 radical (unpaired) electrons. The number of rotatable bonds is 8. The van der Waals surface area contributed by atoms with Crippen LogP contribution in [-0.4, -0.2) is 62.2 Å². The number of likely N-dealkylation sites (N-methyl/N-ethyl adjacent to an activating group) is 1. The minimum absolute atomic E-state index is 0.444. The molecule has 3 heteroatoms. The summed E-state index contributed by atoms with van der Waals surface area (Å²) in [6.45, 7) is 18.9. The predicted octanol–water partition coefficient (Wildman–Crippen LogP) is 2.04. The summed E-state index contributed by atoms with van der Waals surface area (Å²) in [6.07, 6.45) is 2.62. The lowest BCUT2D eigenvalue weighted by Crippen LogP contribution is -2.51. The summed E-state index contributed by atoms with van der Waals surface area (Å²) in [5, 5.41) is 3.55. The SMILES string of the molecule is CCCC(C)(CNCC)CN1CCN(CC)CC1. The molecule has 0 spiro atoms. The van der Waals surface area contributed by atoms with E-state index < -0.39 is 0 Å². The lowest BCUT2D eigenvalue weighted by atomic mass is 9.84. The average Bonchev–Trinajstić information content (AvgIpc) is 2.38. The molecule has 0 aromatic heterocycles. The molecule has 1 saturated heterocycles. The van der Waals surface area contributed by atoms with Crippen molar-refractivity contribution in [3.05, 3.63) is 0 Å². The van der Waals surface area contributed by atoms with Crippen LogP contribution in [0.5, 0.6) is 0 Å². The first-order chi connectivity index (χ1) is 8.63. The fraction of sp³-hybridized carbons (Fsp3) is 1.00. The number of nitrogens with one attached hydrogen (secondary N) is 1. The molecule has 3 nitrogen and oxygen atoms in total. The maximum atomic E-state index is 3.55. The van der Waals surface area contributed by atoms with Gasteiger partial charge >= 0.3 is 0 Å². The van der Waals surface area contributed by atoms with E-state index in [1.54, 1.807) is 0 Å². The Morgan fingerprint density at radius 3 is 2.11 bits per heavy atom. The van der Waals surface area contributed by atoms with Gasteiger partial charge in [-0.2, -0.15) is 0 Å². The van der Waals surface area contributed by atoms with Crippen molar-refractivity contribution < 1.29 is 0 Å². The van der Waals surface area contributed by atoms with Crippen LogP contribution in [-0.2, 0) is 0 Å². The molecule has 1 aliphatic heterocycles. The van der Waals surface area contributed by atoms with Crippen LogP contribution in [0, 0.1) is 5.41 Å². The highest BCUT2D eigenvalue weighted by atomic mass is 15.3. The Morgan fingerprint density at radius 1 is 1.00 bits per heavy atom. The van der Waals surface area contributed by atoms with E-state index in [-0.39, 0.29) is 0 Å². The molecule has 0 aromatic carbocycles. The quantitative estimate of drug-likeness (QED) is 0.716. The maximum absolute atomic E-state index is 3.55. The van der Waals surface area contributed by atoms with E-state index in [0.29, 0.717) is 5.41 Å². The van der Waals surface area contributed by atoms with Crippen LogP contribution in [0.2, 0.25) is 0 Å². The summed E-state index contributed by atoms with van der Waals surface area (Å²) in [4.78, 5) is 5.22. The first kappa shape index (κ1) is 15.9. The Bertz CT molecular complexity index is 212. The van der Waals surface area contributed by atoms with Crippen molar-refractivity contribution in [3.8, 4) is 0 Å². The highest BCUT2D eigenvalue weighted by Gasteiger charge is 2.27. The van der Waals surface area contributed by atoms with Crippen molar-refractivity contribution in [2.45, 2.75) is 40.5 Å². The maximum Gasteiger partial charge on any atom is 0.0110 e. The van der Waals surface area contributed by atoms with E-state index in [1.165, 1.54) is 52.1 Å². The van der Waals surface area contributed by atoms with E-state index in [1.807, 2.05) is 0 Å². The van der Waals surface area contributed by atoms with Crippen molar-refractivity contribution in [2.75, 3.05) is 52.4 Å². The van der Waals surface area contributed by atoms with Crippen LogP contribution in [0.1, 0.15) is 40.5 Å².